The number of nitrogens with one attached hydrogen (secondary N) is 1. The van der Waals surface area contributed by atoms with Crippen molar-refractivity contribution in [1.29, 1.82) is 0 Å². The number of rotatable bonds is 4. The molecule has 0 saturated carbocycles. The van der Waals surface area contributed by atoms with Crippen LogP contribution in [0.2, 0.25) is 0 Å². The van der Waals surface area contributed by atoms with Gasteiger partial charge < -0.3 is 19.4 Å². The van der Waals surface area contributed by atoms with Gasteiger partial charge in [-0.3, -0.25) is 4.90 Å². The lowest BCUT2D eigenvalue weighted by Gasteiger charge is -2.33. The zero-order chi connectivity index (χ0) is 17.1. The zero-order valence-electron chi connectivity index (χ0n) is 14.5. The molecule has 4 heterocycles. The third-order valence-corrected chi connectivity index (χ3v) is 4.61. The van der Waals surface area contributed by atoms with Gasteiger partial charge in [0.1, 0.15) is 17.7 Å². The molecule has 0 aliphatic carbocycles. The quantitative estimate of drug-likeness (QED) is 0.883. The molecule has 2 aromatic rings. The lowest BCUT2D eigenvalue weighted by Crippen LogP contribution is -2.39. The fourth-order valence-corrected chi connectivity index (χ4v) is 3.33. The van der Waals surface area contributed by atoms with Gasteiger partial charge in [0, 0.05) is 50.7 Å². The molecule has 0 radical (unpaired) electrons. The van der Waals surface area contributed by atoms with E-state index >= 15 is 0 Å². The topological polar surface area (TPSA) is 79.4 Å². The van der Waals surface area contributed by atoms with Crippen LogP contribution in [-0.2, 0) is 16.0 Å². The molecule has 8 heteroatoms. The molecule has 2 saturated heterocycles. The first-order chi connectivity index (χ1) is 12.3. The lowest BCUT2D eigenvalue weighted by atomic mass is 10.2. The van der Waals surface area contributed by atoms with E-state index in [1.165, 1.54) is 0 Å². The Hall–Kier alpha value is -2.03. The highest BCUT2D eigenvalue weighted by atomic mass is 16.5. The summed E-state index contributed by atoms with van der Waals surface area (Å²) in [5.74, 6) is 1.76. The summed E-state index contributed by atoms with van der Waals surface area (Å²) in [4.78, 5) is 21.1. The number of ether oxygens (including phenoxy) is 2. The number of hydrogen-bond donors (Lipinski definition) is 1. The van der Waals surface area contributed by atoms with E-state index in [0.29, 0.717) is 6.61 Å². The van der Waals surface area contributed by atoms with Crippen molar-refractivity contribution < 1.29 is 9.47 Å². The van der Waals surface area contributed by atoms with Crippen molar-refractivity contribution in [3.05, 3.63) is 35.8 Å². The average Bonchev–Trinajstić information content (AvgIpc) is 3.15. The molecule has 2 aliphatic heterocycles. The van der Waals surface area contributed by atoms with E-state index in [4.69, 9.17) is 9.47 Å². The highest BCUT2D eigenvalue weighted by Gasteiger charge is 2.25. The molecule has 2 aromatic heterocycles. The summed E-state index contributed by atoms with van der Waals surface area (Å²) >= 11 is 0. The van der Waals surface area contributed by atoms with Crippen molar-refractivity contribution in [2.24, 2.45) is 0 Å². The van der Waals surface area contributed by atoms with Gasteiger partial charge in [0.15, 0.2) is 0 Å². The van der Waals surface area contributed by atoms with Crippen molar-refractivity contribution >= 4 is 5.82 Å². The van der Waals surface area contributed by atoms with Crippen molar-refractivity contribution in [2.75, 3.05) is 50.9 Å². The summed E-state index contributed by atoms with van der Waals surface area (Å²) in [6.07, 6.45) is 3.56. The van der Waals surface area contributed by atoms with E-state index in [2.05, 4.69) is 35.8 Å². The number of aromatic amines is 1. The second-order valence-electron chi connectivity index (χ2n) is 6.47. The minimum absolute atomic E-state index is 0.0295. The van der Waals surface area contributed by atoms with Gasteiger partial charge in [-0.2, -0.15) is 0 Å². The smallest absolute Gasteiger partial charge is 0.132 e. The standard InChI is InChI=1S/C17H24N6O2/c1-13-20-15(8-17(21-13)23-3-5-24-6-4-23)16-11-22(2-7-25-16)10-14-9-18-12-19-14/h8-9,12,16H,2-7,10-11H2,1H3,(H,18,19)/t16-/m0/s1. The van der Waals surface area contributed by atoms with Crippen LogP contribution in [-0.4, -0.2) is 70.8 Å². The van der Waals surface area contributed by atoms with Crippen molar-refractivity contribution in [2.45, 2.75) is 19.6 Å². The maximum Gasteiger partial charge on any atom is 0.132 e. The van der Waals surface area contributed by atoms with Gasteiger partial charge in [-0.15, -0.1) is 0 Å². The monoisotopic (exact) mass is 344 g/mol. The Kier molecular flexibility index (Phi) is 4.91. The predicted molar refractivity (Wildman–Crippen MR) is 92.4 cm³/mol. The number of aryl methyl sites for hydroxylation is 1. The van der Waals surface area contributed by atoms with Crippen LogP contribution in [0.15, 0.2) is 18.6 Å². The van der Waals surface area contributed by atoms with Crippen molar-refractivity contribution in [3.8, 4) is 0 Å². The molecule has 2 fully saturated rings. The van der Waals surface area contributed by atoms with E-state index < -0.39 is 0 Å². The maximum absolute atomic E-state index is 6.01. The molecule has 0 amide bonds. The summed E-state index contributed by atoms with van der Waals surface area (Å²) in [6.45, 7) is 8.45. The molecule has 0 unspecified atom stereocenters. The third-order valence-electron chi connectivity index (χ3n) is 4.61. The van der Waals surface area contributed by atoms with Crippen molar-refractivity contribution in [1.82, 2.24) is 24.8 Å². The lowest BCUT2D eigenvalue weighted by molar-refractivity contribution is -0.0354. The number of nitrogens with zero attached hydrogens (tertiary/aromatic N) is 5. The molecule has 0 spiro atoms. The first-order valence-corrected chi connectivity index (χ1v) is 8.77. The summed E-state index contributed by atoms with van der Waals surface area (Å²) < 4.78 is 11.4. The van der Waals surface area contributed by atoms with Gasteiger partial charge in [-0.05, 0) is 6.92 Å². The molecular formula is C17H24N6O2. The number of morpholine rings is 2. The van der Waals surface area contributed by atoms with Gasteiger partial charge in [0.05, 0.1) is 31.8 Å². The van der Waals surface area contributed by atoms with E-state index in [1.807, 2.05) is 13.1 Å². The molecule has 2 aliphatic rings. The molecule has 25 heavy (non-hydrogen) atoms. The zero-order valence-corrected chi connectivity index (χ0v) is 14.5. The second kappa shape index (κ2) is 7.47. The Morgan fingerprint density at radius 1 is 1.20 bits per heavy atom. The second-order valence-corrected chi connectivity index (χ2v) is 6.47. The third kappa shape index (κ3) is 3.97. The number of H-pyrrole nitrogens is 1. The Morgan fingerprint density at radius 2 is 2.08 bits per heavy atom. The summed E-state index contributed by atoms with van der Waals surface area (Å²) in [5.41, 5.74) is 2.08. The molecule has 8 nitrogen and oxygen atoms in total. The molecule has 1 N–H and O–H groups in total. The van der Waals surface area contributed by atoms with Crippen molar-refractivity contribution in [3.63, 3.8) is 0 Å². The Balaban J connectivity index is 1.49. The van der Waals surface area contributed by atoms with Crippen LogP contribution in [0.4, 0.5) is 5.82 Å². The molecule has 0 bridgehead atoms. The summed E-state index contributed by atoms with van der Waals surface area (Å²) in [6, 6.07) is 2.07. The number of imidazole rings is 1. The largest absolute Gasteiger partial charge is 0.378 e. The average molecular weight is 344 g/mol. The highest BCUT2D eigenvalue weighted by Crippen LogP contribution is 2.25. The molecule has 134 valence electrons. The maximum atomic E-state index is 6.01. The van der Waals surface area contributed by atoms with E-state index in [9.17, 15) is 0 Å². The molecule has 0 aromatic carbocycles. The van der Waals surface area contributed by atoms with E-state index in [1.54, 1.807) is 6.33 Å². The molecule has 4 rings (SSSR count). The van der Waals surface area contributed by atoms with E-state index in [-0.39, 0.29) is 6.10 Å². The molecule has 1 atom stereocenters. The predicted octanol–water partition coefficient (Wildman–Crippen LogP) is 0.918. The first-order valence-electron chi connectivity index (χ1n) is 8.77. The minimum Gasteiger partial charge on any atom is -0.378 e. The minimum atomic E-state index is -0.0295. The SMILES string of the molecule is Cc1nc([C@@H]2CN(Cc3cnc[nH]3)CCO2)cc(N2CCOCC2)n1. The highest BCUT2D eigenvalue weighted by molar-refractivity contribution is 5.41. The van der Waals surface area contributed by atoms with Gasteiger partial charge in [0.25, 0.3) is 0 Å². The van der Waals surface area contributed by atoms with Gasteiger partial charge in [0.2, 0.25) is 0 Å². The Morgan fingerprint density at radius 3 is 2.88 bits per heavy atom. The number of anilines is 1. The Bertz CT molecular complexity index is 686. The van der Waals surface area contributed by atoms with Crippen LogP contribution in [0.3, 0.4) is 0 Å². The normalized spacial score (nSPS) is 22.3. The van der Waals surface area contributed by atoms with Gasteiger partial charge in [-0.25, -0.2) is 15.0 Å². The van der Waals surface area contributed by atoms with E-state index in [0.717, 1.165) is 69.0 Å². The van der Waals surface area contributed by atoms with Crippen LogP contribution in [0.5, 0.6) is 0 Å². The molecular weight excluding hydrogens is 320 g/mol. The fraction of sp³-hybridized carbons (Fsp3) is 0.588. The Labute approximate surface area is 147 Å². The fourth-order valence-electron chi connectivity index (χ4n) is 3.33. The van der Waals surface area contributed by atoms with Crippen LogP contribution < -0.4 is 4.90 Å². The number of aromatic nitrogens is 4. The van der Waals surface area contributed by atoms with Crippen LogP contribution in [0, 0.1) is 6.92 Å². The van der Waals surface area contributed by atoms with Crippen LogP contribution in [0.1, 0.15) is 23.3 Å². The summed E-state index contributed by atoms with van der Waals surface area (Å²) in [7, 11) is 0. The van der Waals surface area contributed by atoms with Gasteiger partial charge in [-0.1, -0.05) is 0 Å². The van der Waals surface area contributed by atoms with Crippen LogP contribution in [0.25, 0.3) is 0 Å². The summed E-state index contributed by atoms with van der Waals surface area (Å²) in [5, 5.41) is 0. The number of hydrogen-bond acceptors (Lipinski definition) is 7. The van der Waals surface area contributed by atoms with Gasteiger partial charge >= 0.3 is 0 Å². The van der Waals surface area contributed by atoms with Crippen LogP contribution >= 0.6 is 0 Å². The first kappa shape index (κ1) is 16.4.